The number of rotatable bonds is 2. The average molecular weight is 353 g/mol. The fourth-order valence-electron chi connectivity index (χ4n) is 5.97. The maximum Gasteiger partial charge on any atom is 0.306 e. The number of likely N-dealkylation sites (tertiary alicyclic amines) is 1. The molecule has 2 aliphatic carbocycles. The second kappa shape index (κ2) is 5.34. The van der Waals surface area contributed by atoms with Gasteiger partial charge in [-0.25, -0.2) is 0 Å². The smallest absolute Gasteiger partial charge is 0.306 e. The minimum Gasteiger partial charge on any atom is -0.465 e. The van der Waals surface area contributed by atoms with Crippen molar-refractivity contribution in [1.82, 2.24) is 4.90 Å². The van der Waals surface area contributed by atoms with Gasteiger partial charge in [0.1, 0.15) is 0 Å². The van der Waals surface area contributed by atoms with E-state index in [0.717, 1.165) is 25.9 Å². The number of nitrogens with zero attached hydrogens (tertiary/aromatic N) is 1. The lowest BCUT2D eigenvalue weighted by Crippen LogP contribution is -2.65. The van der Waals surface area contributed by atoms with Crippen LogP contribution in [0.15, 0.2) is 18.2 Å². The Balaban J connectivity index is 1.13. The van der Waals surface area contributed by atoms with Gasteiger partial charge in [-0.1, -0.05) is 29.3 Å². The normalized spacial score (nSPS) is 28.5. The first kappa shape index (κ1) is 16.3. The molecule has 4 heteroatoms. The third-order valence-electron chi connectivity index (χ3n) is 7.21. The zero-order chi connectivity index (χ0) is 18.1. The van der Waals surface area contributed by atoms with Gasteiger partial charge in [0.2, 0.25) is 5.91 Å². The van der Waals surface area contributed by atoms with E-state index in [9.17, 15) is 9.59 Å². The monoisotopic (exact) mass is 353 g/mol. The van der Waals surface area contributed by atoms with Crippen LogP contribution in [-0.4, -0.2) is 36.5 Å². The molecule has 2 aliphatic heterocycles. The summed E-state index contributed by atoms with van der Waals surface area (Å²) in [6.07, 6.45) is 4.63. The van der Waals surface area contributed by atoms with Crippen molar-refractivity contribution < 1.29 is 14.3 Å². The van der Waals surface area contributed by atoms with Crippen LogP contribution in [0, 0.1) is 30.6 Å². The quantitative estimate of drug-likeness (QED) is 0.766. The summed E-state index contributed by atoms with van der Waals surface area (Å²) in [5.41, 5.74) is 4.54. The van der Waals surface area contributed by atoms with Crippen molar-refractivity contribution in [3.05, 3.63) is 34.9 Å². The molecule has 26 heavy (non-hydrogen) atoms. The molecule has 4 fully saturated rings. The highest BCUT2D eigenvalue weighted by Crippen LogP contribution is 2.58. The van der Waals surface area contributed by atoms with Crippen molar-refractivity contribution in [3.63, 3.8) is 0 Å². The Bertz CT molecular complexity index is 758. The molecule has 2 saturated carbocycles. The van der Waals surface area contributed by atoms with Crippen molar-refractivity contribution >= 4 is 11.9 Å². The van der Waals surface area contributed by atoms with Crippen molar-refractivity contribution in [2.45, 2.75) is 51.9 Å². The second-order valence-corrected chi connectivity index (χ2v) is 9.66. The van der Waals surface area contributed by atoms with E-state index < -0.39 is 0 Å². The van der Waals surface area contributed by atoms with Crippen LogP contribution in [0.5, 0.6) is 0 Å². The van der Waals surface area contributed by atoms with Gasteiger partial charge in [0.15, 0.2) is 0 Å². The zero-order valence-electron chi connectivity index (χ0n) is 15.7. The SMILES string of the molecule is Cc1cc(C)cc(C2CC3(C2)CN(C(=O)C2CC4(COC(=O)C4)C2)C3)c1. The fraction of sp³-hybridized carbons (Fsp3) is 0.636. The lowest BCUT2D eigenvalue weighted by Gasteiger charge is -2.60. The maximum absolute atomic E-state index is 12.7. The Hall–Kier alpha value is -1.84. The van der Waals surface area contributed by atoms with Crippen molar-refractivity contribution in [2.24, 2.45) is 16.7 Å². The first-order valence-electron chi connectivity index (χ1n) is 9.88. The molecule has 0 unspecified atom stereocenters. The number of carbonyl (C=O) groups excluding carboxylic acids is 2. The third kappa shape index (κ3) is 2.49. The summed E-state index contributed by atoms with van der Waals surface area (Å²) >= 11 is 0. The Morgan fingerprint density at radius 1 is 1.04 bits per heavy atom. The fourth-order valence-corrected chi connectivity index (χ4v) is 5.97. The highest BCUT2D eigenvalue weighted by molar-refractivity contribution is 5.82. The van der Waals surface area contributed by atoms with Crippen molar-refractivity contribution in [1.29, 1.82) is 0 Å². The molecule has 2 heterocycles. The average Bonchev–Trinajstić information content (AvgIpc) is 2.84. The summed E-state index contributed by atoms with van der Waals surface area (Å²) in [5.74, 6) is 1.01. The van der Waals surface area contributed by atoms with Gasteiger partial charge in [0.25, 0.3) is 0 Å². The van der Waals surface area contributed by atoms with E-state index in [2.05, 4.69) is 36.9 Å². The van der Waals surface area contributed by atoms with Gasteiger partial charge in [0.05, 0.1) is 13.0 Å². The molecule has 138 valence electrons. The van der Waals surface area contributed by atoms with Crippen LogP contribution in [-0.2, 0) is 14.3 Å². The Labute approximate surface area is 154 Å². The second-order valence-electron chi connectivity index (χ2n) is 9.66. The van der Waals surface area contributed by atoms with Crippen LogP contribution < -0.4 is 0 Å². The molecule has 2 saturated heterocycles. The number of ether oxygens (including phenoxy) is 1. The minimum atomic E-state index is -0.0919. The molecule has 4 aliphatic rings. The lowest BCUT2D eigenvalue weighted by atomic mass is 9.55. The highest BCUT2D eigenvalue weighted by atomic mass is 16.5. The molecule has 2 spiro atoms. The van der Waals surface area contributed by atoms with E-state index in [1.54, 1.807) is 0 Å². The highest BCUT2D eigenvalue weighted by Gasteiger charge is 2.58. The van der Waals surface area contributed by atoms with E-state index in [1.165, 1.54) is 29.5 Å². The first-order chi connectivity index (χ1) is 12.4. The number of aryl methyl sites for hydroxylation is 2. The zero-order valence-corrected chi connectivity index (χ0v) is 15.7. The van der Waals surface area contributed by atoms with E-state index in [4.69, 9.17) is 4.74 Å². The van der Waals surface area contributed by atoms with Gasteiger partial charge in [-0.3, -0.25) is 9.59 Å². The van der Waals surface area contributed by atoms with E-state index >= 15 is 0 Å². The van der Waals surface area contributed by atoms with Gasteiger partial charge in [0, 0.05) is 29.8 Å². The largest absolute Gasteiger partial charge is 0.465 e. The van der Waals surface area contributed by atoms with E-state index in [0.29, 0.717) is 30.3 Å². The maximum atomic E-state index is 12.7. The van der Waals surface area contributed by atoms with Gasteiger partial charge < -0.3 is 9.64 Å². The molecule has 1 amide bonds. The molecule has 1 aromatic rings. The molecule has 4 nitrogen and oxygen atoms in total. The van der Waals surface area contributed by atoms with Crippen LogP contribution in [0.1, 0.15) is 54.7 Å². The number of amides is 1. The number of cyclic esters (lactones) is 1. The number of hydrogen-bond acceptors (Lipinski definition) is 3. The van der Waals surface area contributed by atoms with E-state index in [1.807, 2.05) is 0 Å². The molecule has 1 aromatic carbocycles. The third-order valence-corrected chi connectivity index (χ3v) is 7.21. The molecule has 0 N–H and O–H groups in total. The summed E-state index contributed by atoms with van der Waals surface area (Å²) < 4.78 is 5.11. The van der Waals surface area contributed by atoms with Gasteiger partial charge >= 0.3 is 5.97 Å². The van der Waals surface area contributed by atoms with Crippen molar-refractivity contribution in [2.75, 3.05) is 19.7 Å². The van der Waals surface area contributed by atoms with Gasteiger partial charge in [-0.05, 0) is 51.0 Å². The molecule has 0 atom stereocenters. The number of benzene rings is 1. The Morgan fingerprint density at radius 2 is 1.69 bits per heavy atom. The van der Waals surface area contributed by atoms with Gasteiger partial charge in [-0.15, -0.1) is 0 Å². The van der Waals surface area contributed by atoms with Crippen molar-refractivity contribution in [3.8, 4) is 0 Å². The van der Waals surface area contributed by atoms with Crippen LogP contribution in [0.4, 0.5) is 0 Å². The first-order valence-corrected chi connectivity index (χ1v) is 9.88. The molecular formula is C22H27NO3. The Morgan fingerprint density at radius 3 is 2.27 bits per heavy atom. The summed E-state index contributed by atoms with van der Waals surface area (Å²) in [7, 11) is 0. The predicted octanol–water partition coefficient (Wildman–Crippen LogP) is 3.35. The van der Waals surface area contributed by atoms with Crippen LogP contribution >= 0.6 is 0 Å². The molecule has 0 bridgehead atoms. The molecule has 0 aromatic heterocycles. The predicted molar refractivity (Wildman–Crippen MR) is 97.6 cm³/mol. The Kier molecular flexibility index (Phi) is 3.35. The van der Waals surface area contributed by atoms with Crippen LogP contribution in [0.25, 0.3) is 0 Å². The van der Waals surface area contributed by atoms with Crippen LogP contribution in [0.2, 0.25) is 0 Å². The summed E-state index contributed by atoms with van der Waals surface area (Å²) in [4.78, 5) is 26.1. The number of hydrogen-bond donors (Lipinski definition) is 0. The van der Waals surface area contributed by atoms with Gasteiger partial charge in [-0.2, -0.15) is 0 Å². The summed E-state index contributed by atoms with van der Waals surface area (Å²) in [5, 5.41) is 0. The minimum absolute atomic E-state index is 0.00937. The summed E-state index contributed by atoms with van der Waals surface area (Å²) in [6.45, 7) is 6.74. The summed E-state index contributed by atoms with van der Waals surface area (Å²) in [6, 6.07) is 6.88. The van der Waals surface area contributed by atoms with Crippen LogP contribution in [0.3, 0.4) is 0 Å². The number of carbonyl (C=O) groups is 2. The molecular weight excluding hydrogens is 326 g/mol. The molecule has 0 radical (unpaired) electrons. The molecule has 5 rings (SSSR count). The number of esters is 1. The topological polar surface area (TPSA) is 46.6 Å². The standard InChI is InChI=1S/C22H27NO3/c1-14-3-15(2)5-16(4-14)17-6-22(7-17)11-23(12-22)20(25)18-8-21(9-18)10-19(24)26-13-21/h3-5,17-18H,6-13H2,1-2H3. The van der Waals surface area contributed by atoms with E-state index in [-0.39, 0.29) is 17.3 Å². The lowest BCUT2D eigenvalue weighted by molar-refractivity contribution is -0.163.